The molecule has 0 amide bonds. The van der Waals surface area contributed by atoms with Gasteiger partial charge in [0, 0.05) is 0 Å². The van der Waals surface area contributed by atoms with Gasteiger partial charge in [0.15, 0.2) is 5.52 Å². The molecule has 0 aliphatic carbocycles. The van der Waals surface area contributed by atoms with Crippen molar-refractivity contribution in [2.75, 3.05) is 7.11 Å². The predicted molar refractivity (Wildman–Crippen MR) is 54.9 cm³/mol. The molecule has 0 saturated heterocycles. The quantitative estimate of drug-likeness (QED) is 0.689. The monoisotopic (exact) mass is 203 g/mol. The van der Waals surface area contributed by atoms with E-state index in [1.165, 1.54) is 10.8 Å². The fourth-order valence-electron chi connectivity index (χ4n) is 1.33. The second kappa shape index (κ2) is 3.53. The highest BCUT2D eigenvalue weighted by molar-refractivity contribution is 5.96. The highest BCUT2D eigenvalue weighted by Crippen LogP contribution is 2.22. The molecule has 0 bridgehead atoms. The normalized spacial score (nSPS) is 10.2. The molecule has 1 aromatic carbocycles. The summed E-state index contributed by atoms with van der Waals surface area (Å²) in [6, 6.07) is 5.29. The second-order valence-electron chi connectivity index (χ2n) is 2.87. The number of nitrogens with zero attached hydrogens (tertiary/aromatic N) is 3. The number of carbonyl (C=O) groups excluding carboxylic acids is 1. The van der Waals surface area contributed by atoms with Crippen LogP contribution < -0.4 is 4.74 Å². The fourth-order valence-corrected chi connectivity index (χ4v) is 1.33. The number of hydrogen-bond acceptors (Lipinski definition) is 4. The molecule has 1 heterocycles. The Bertz CT molecular complexity index is 530. The third kappa shape index (κ3) is 1.38. The van der Waals surface area contributed by atoms with E-state index in [0.717, 1.165) is 0 Å². The van der Waals surface area contributed by atoms with Crippen molar-refractivity contribution in [1.82, 2.24) is 15.0 Å². The van der Waals surface area contributed by atoms with Crippen LogP contribution in [-0.2, 0) is 0 Å². The van der Waals surface area contributed by atoms with E-state index in [9.17, 15) is 4.79 Å². The molecule has 0 radical (unpaired) electrons. The van der Waals surface area contributed by atoms with Gasteiger partial charge in [-0.3, -0.25) is 4.79 Å². The van der Waals surface area contributed by atoms with Gasteiger partial charge in [-0.2, -0.15) is 4.68 Å². The number of carbonyl (C=O) groups is 1. The molecule has 76 valence electrons. The molecule has 2 rings (SSSR count). The first-order valence-electron chi connectivity index (χ1n) is 4.33. The lowest BCUT2D eigenvalue weighted by atomic mass is 10.3. The highest BCUT2D eigenvalue weighted by atomic mass is 16.5. The zero-order valence-corrected chi connectivity index (χ0v) is 8.17. The van der Waals surface area contributed by atoms with Crippen LogP contribution in [0.4, 0.5) is 0 Å². The number of allylic oxidation sites excluding steroid dienone is 1. The lowest BCUT2D eigenvalue weighted by molar-refractivity contribution is 0.0957. The van der Waals surface area contributed by atoms with Crippen molar-refractivity contribution in [2.24, 2.45) is 0 Å². The predicted octanol–water partition coefficient (Wildman–Crippen LogP) is 1.27. The van der Waals surface area contributed by atoms with Gasteiger partial charge in [0.2, 0.25) is 0 Å². The van der Waals surface area contributed by atoms with Crippen molar-refractivity contribution in [2.45, 2.75) is 0 Å². The van der Waals surface area contributed by atoms with Gasteiger partial charge >= 0.3 is 0 Å². The van der Waals surface area contributed by atoms with Crippen LogP contribution in [0.25, 0.3) is 11.0 Å². The SMILES string of the molecule is C=CC(=O)n1nnc2c(OC)cccc21. The molecular formula is C10H9N3O2. The molecule has 0 aliphatic heterocycles. The maximum absolute atomic E-state index is 11.4. The smallest absolute Gasteiger partial charge is 0.272 e. The van der Waals surface area contributed by atoms with Crippen molar-refractivity contribution in [3.05, 3.63) is 30.9 Å². The first kappa shape index (κ1) is 9.39. The van der Waals surface area contributed by atoms with Gasteiger partial charge in [0.25, 0.3) is 5.91 Å². The van der Waals surface area contributed by atoms with Crippen LogP contribution >= 0.6 is 0 Å². The third-order valence-electron chi connectivity index (χ3n) is 2.04. The van der Waals surface area contributed by atoms with Crippen molar-refractivity contribution in [3.63, 3.8) is 0 Å². The van der Waals surface area contributed by atoms with Crippen LogP contribution in [0.15, 0.2) is 30.9 Å². The summed E-state index contributed by atoms with van der Waals surface area (Å²) in [6.07, 6.45) is 1.19. The van der Waals surface area contributed by atoms with E-state index in [0.29, 0.717) is 16.8 Å². The van der Waals surface area contributed by atoms with Gasteiger partial charge in [-0.1, -0.05) is 17.9 Å². The summed E-state index contributed by atoms with van der Waals surface area (Å²) < 4.78 is 6.29. The Labute approximate surface area is 86.0 Å². The van der Waals surface area contributed by atoms with Gasteiger partial charge in [-0.15, -0.1) is 5.10 Å². The molecular weight excluding hydrogens is 194 g/mol. The Hall–Kier alpha value is -2.17. The van der Waals surface area contributed by atoms with Crippen LogP contribution in [-0.4, -0.2) is 28.0 Å². The van der Waals surface area contributed by atoms with E-state index in [1.807, 2.05) is 0 Å². The molecule has 0 unspecified atom stereocenters. The molecule has 0 aliphatic rings. The fraction of sp³-hybridized carbons (Fsp3) is 0.100. The number of benzene rings is 1. The third-order valence-corrected chi connectivity index (χ3v) is 2.04. The number of fused-ring (bicyclic) bond motifs is 1. The largest absolute Gasteiger partial charge is 0.494 e. The molecule has 15 heavy (non-hydrogen) atoms. The van der Waals surface area contributed by atoms with Crippen LogP contribution in [0.3, 0.4) is 0 Å². The zero-order valence-electron chi connectivity index (χ0n) is 8.17. The average Bonchev–Trinajstić information content (AvgIpc) is 2.71. The zero-order chi connectivity index (χ0) is 10.8. The molecule has 0 spiro atoms. The second-order valence-corrected chi connectivity index (χ2v) is 2.87. The Kier molecular flexibility index (Phi) is 2.21. The highest BCUT2D eigenvalue weighted by Gasteiger charge is 2.11. The molecule has 5 nitrogen and oxygen atoms in total. The van der Waals surface area contributed by atoms with Crippen molar-refractivity contribution < 1.29 is 9.53 Å². The number of aromatic nitrogens is 3. The van der Waals surface area contributed by atoms with Crippen LogP contribution in [0.1, 0.15) is 4.79 Å². The number of methoxy groups -OCH3 is 1. The average molecular weight is 203 g/mol. The molecule has 1 aromatic heterocycles. The number of ether oxygens (including phenoxy) is 1. The molecule has 5 heteroatoms. The van der Waals surface area contributed by atoms with Gasteiger partial charge in [-0.25, -0.2) is 0 Å². The van der Waals surface area contributed by atoms with Gasteiger partial charge in [0.05, 0.1) is 7.11 Å². The lowest BCUT2D eigenvalue weighted by Gasteiger charge is -1.99. The molecule has 0 atom stereocenters. The Morgan fingerprint density at radius 1 is 1.60 bits per heavy atom. The summed E-state index contributed by atoms with van der Waals surface area (Å²) in [6.45, 7) is 3.40. The summed E-state index contributed by atoms with van der Waals surface area (Å²) in [5.74, 6) is 0.279. The topological polar surface area (TPSA) is 57.0 Å². The standard InChI is InChI=1S/C10H9N3O2/c1-3-9(14)13-7-5-4-6-8(15-2)10(7)11-12-13/h3-6H,1H2,2H3. The minimum absolute atomic E-state index is 0.314. The molecule has 0 N–H and O–H groups in total. The van der Waals surface area contributed by atoms with Gasteiger partial charge in [-0.05, 0) is 18.2 Å². The summed E-state index contributed by atoms with van der Waals surface area (Å²) in [5.41, 5.74) is 1.18. The maximum atomic E-state index is 11.4. The minimum atomic E-state index is -0.314. The molecule has 0 fully saturated rings. The summed E-state index contributed by atoms with van der Waals surface area (Å²) in [7, 11) is 1.54. The van der Waals surface area contributed by atoms with Crippen LogP contribution in [0, 0.1) is 0 Å². The van der Waals surface area contributed by atoms with Gasteiger partial charge in [0.1, 0.15) is 11.3 Å². The van der Waals surface area contributed by atoms with Crippen molar-refractivity contribution in [1.29, 1.82) is 0 Å². The summed E-state index contributed by atoms with van der Waals surface area (Å²) in [5, 5.41) is 7.62. The van der Waals surface area contributed by atoms with Crippen molar-refractivity contribution >= 4 is 16.9 Å². The number of rotatable bonds is 2. The van der Waals surface area contributed by atoms with E-state index in [2.05, 4.69) is 16.9 Å². The maximum Gasteiger partial charge on any atom is 0.272 e. The van der Waals surface area contributed by atoms with Crippen LogP contribution in [0.2, 0.25) is 0 Å². The molecule has 2 aromatic rings. The molecule has 0 saturated carbocycles. The van der Waals surface area contributed by atoms with E-state index >= 15 is 0 Å². The number of hydrogen-bond donors (Lipinski definition) is 0. The first-order valence-corrected chi connectivity index (χ1v) is 4.33. The van der Waals surface area contributed by atoms with Gasteiger partial charge < -0.3 is 4.74 Å². The van der Waals surface area contributed by atoms with E-state index in [1.54, 1.807) is 25.3 Å². The summed E-state index contributed by atoms with van der Waals surface area (Å²) >= 11 is 0. The van der Waals surface area contributed by atoms with E-state index < -0.39 is 0 Å². The first-order chi connectivity index (χ1) is 7.27. The minimum Gasteiger partial charge on any atom is -0.494 e. The Balaban J connectivity index is 2.71. The van der Waals surface area contributed by atoms with E-state index in [-0.39, 0.29) is 5.91 Å². The van der Waals surface area contributed by atoms with E-state index in [4.69, 9.17) is 4.74 Å². The Morgan fingerprint density at radius 2 is 2.40 bits per heavy atom. The van der Waals surface area contributed by atoms with Crippen LogP contribution in [0.5, 0.6) is 5.75 Å². The van der Waals surface area contributed by atoms with Crippen molar-refractivity contribution in [3.8, 4) is 5.75 Å². The summed E-state index contributed by atoms with van der Waals surface area (Å²) in [4.78, 5) is 11.4. The Morgan fingerprint density at radius 3 is 3.07 bits per heavy atom. The lowest BCUT2D eigenvalue weighted by Crippen LogP contribution is -2.08.